The van der Waals surface area contributed by atoms with Crippen molar-refractivity contribution in [2.24, 2.45) is 0 Å². The zero-order valence-electron chi connectivity index (χ0n) is 19.6. The molecule has 2 amide bonds. The molecule has 1 aromatic carbocycles. The van der Waals surface area contributed by atoms with Gasteiger partial charge in [0.15, 0.2) is 11.3 Å². The third kappa shape index (κ3) is 4.52. The van der Waals surface area contributed by atoms with Crippen LogP contribution in [0.5, 0.6) is 0 Å². The second-order valence-electron chi connectivity index (χ2n) is 9.13. The van der Waals surface area contributed by atoms with Crippen molar-refractivity contribution in [1.29, 1.82) is 0 Å². The molecule has 1 aliphatic heterocycles. The number of aromatic nitrogens is 3. The minimum atomic E-state index is -1.63. The van der Waals surface area contributed by atoms with E-state index in [0.717, 1.165) is 0 Å². The fraction of sp³-hybridized carbons (Fsp3) is 0.348. The van der Waals surface area contributed by atoms with E-state index in [2.05, 4.69) is 15.4 Å². The van der Waals surface area contributed by atoms with Crippen molar-refractivity contribution in [2.75, 3.05) is 30.9 Å². The van der Waals surface area contributed by atoms with E-state index in [-0.39, 0.29) is 35.9 Å². The van der Waals surface area contributed by atoms with Gasteiger partial charge >= 0.3 is 5.97 Å². The predicted octanol–water partition coefficient (Wildman–Crippen LogP) is 1.81. The molecule has 0 radical (unpaired) electrons. The molecule has 1 aliphatic rings. The summed E-state index contributed by atoms with van der Waals surface area (Å²) >= 11 is 0. The van der Waals surface area contributed by atoms with Crippen LogP contribution in [-0.2, 0) is 6.54 Å². The first-order valence-electron chi connectivity index (χ1n) is 10.8. The molecule has 35 heavy (non-hydrogen) atoms. The monoisotopic (exact) mass is 484 g/mol. The van der Waals surface area contributed by atoms with Crippen LogP contribution < -0.4 is 10.2 Å². The number of carbonyl (C=O) groups excluding carboxylic acids is 2. The highest BCUT2D eigenvalue weighted by Crippen LogP contribution is 2.34. The molecule has 3 heterocycles. The first-order chi connectivity index (χ1) is 16.4. The van der Waals surface area contributed by atoms with Crippen LogP contribution in [0.25, 0.3) is 5.65 Å². The highest BCUT2D eigenvalue weighted by Gasteiger charge is 2.35. The number of nitrogens with one attached hydrogen (secondary N) is 1. The lowest BCUT2D eigenvalue weighted by Crippen LogP contribution is -2.42. The fourth-order valence-electron chi connectivity index (χ4n) is 3.78. The molecule has 0 aliphatic carbocycles. The molecule has 12 heteroatoms. The molecule has 0 saturated carbocycles. The molecule has 3 aromatic rings. The zero-order chi connectivity index (χ0) is 25.7. The predicted molar refractivity (Wildman–Crippen MR) is 125 cm³/mol. The van der Waals surface area contributed by atoms with Crippen molar-refractivity contribution < 1.29 is 29.0 Å². The van der Waals surface area contributed by atoms with Crippen LogP contribution in [0.1, 0.15) is 50.6 Å². The maximum Gasteiger partial charge on any atom is 0.354 e. The molecule has 2 aromatic heterocycles. The molecule has 1 unspecified atom stereocenters. The summed E-state index contributed by atoms with van der Waals surface area (Å²) in [5.41, 5.74) is 0.270. The van der Waals surface area contributed by atoms with Crippen LogP contribution in [0, 0.1) is 0 Å². The Hall–Kier alpha value is -4.06. The second-order valence-corrected chi connectivity index (χ2v) is 9.13. The summed E-state index contributed by atoms with van der Waals surface area (Å²) < 4.78 is 15.7. The fourth-order valence-corrected chi connectivity index (χ4v) is 3.78. The number of fused-ring (bicyclic) bond motifs is 2. The molecular weight excluding hydrogens is 459 g/mol. The number of halogens is 1. The number of carboxylic acids is 1. The lowest BCUT2D eigenvalue weighted by Gasteiger charge is -2.26. The Labute approximate surface area is 199 Å². The molecule has 3 N–H and O–H groups in total. The average molecular weight is 484 g/mol. The number of aliphatic hydroxyl groups is 1. The van der Waals surface area contributed by atoms with Crippen molar-refractivity contribution >= 4 is 34.8 Å². The standard InChI is InChI=1S/C23H25FN6O5/c1-23(2,35)18(24)11-29-10-12-7-16(17(28(3)4)8-13(12)21(29)32)27-20(31)14-9-25-30-6-5-15(22(33)34)26-19(14)30/h5-9,18,35H,10-11H2,1-4H3,(H,27,31)(H,33,34). The van der Waals surface area contributed by atoms with Crippen molar-refractivity contribution in [2.45, 2.75) is 32.2 Å². The number of hydrogen-bond acceptors (Lipinski definition) is 7. The van der Waals surface area contributed by atoms with E-state index >= 15 is 0 Å². The van der Waals surface area contributed by atoms with Crippen molar-refractivity contribution in [3.63, 3.8) is 0 Å². The first kappa shape index (κ1) is 24.1. The second kappa shape index (κ2) is 8.62. The van der Waals surface area contributed by atoms with E-state index < -0.39 is 23.6 Å². The van der Waals surface area contributed by atoms with Gasteiger partial charge in [0.25, 0.3) is 11.8 Å². The highest BCUT2D eigenvalue weighted by atomic mass is 19.1. The number of nitrogens with zero attached hydrogens (tertiary/aromatic N) is 5. The first-order valence-corrected chi connectivity index (χ1v) is 10.8. The molecule has 1 atom stereocenters. The van der Waals surface area contributed by atoms with Gasteiger partial charge in [0, 0.05) is 32.4 Å². The Bertz CT molecular complexity index is 1350. The lowest BCUT2D eigenvalue weighted by atomic mass is 10.0. The molecular formula is C23H25FN6O5. The van der Waals surface area contributed by atoms with Gasteiger partial charge in [-0.15, -0.1) is 0 Å². The third-order valence-corrected chi connectivity index (χ3v) is 5.81. The topological polar surface area (TPSA) is 140 Å². The number of alkyl halides is 1. The van der Waals surface area contributed by atoms with E-state index in [1.54, 1.807) is 31.1 Å². The number of rotatable bonds is 7. The Kier molecular flexibility index (Phi) is 5.93. The van der Waals surface area contributed by atoms with Crippen LogP contribution in [0.15, 0.2) is 30.6 Å². The smallest absolute Gasteiger partial charge is 0.354 e. The van der Waals surface area contributed by atoms with Crippen LogP contribution in [-0.4, -0.2) is 79.9 Å². The summed E-state index contributed by atoms with van der Waals surface area (Å²) in [4.78, 5) is 44.3. The molecule has 0 bridgehead atoms. The van der Waals surface area contributed by atoms with Gasteiger partial charge in [-0.3, -0.25) is 9.59 Å². The summed E-state index contributed by atoms with van der Waals surface area (Å²) in [6.07, 6.45) is 1.05. The third-order valence-electron chi connectivity index (χ3n) is 5.81. The summed E-state index contributed by atoms with van der Waals surface area (Å²) in [5.74, 6) is -2.16. The summed E-state index contributed by atoms with van der Waals surface area (Å²) in [6, 6.07) is 4.55. The lowest BCUT2D eigenvalue weighted by molar-refractivity contribution is -0.0159. The number of aromatic carboxylic acids is 1. The Morgan fingerprint density at radius 1 is 1.31 bits per heavy atom. The Morgan fingerprint density at radius 2 is 2.03 bits per heavy atom. The van der Waals surface area contributed by atoms with Gasteiger partial charge in [-0.1, -0.05) is 0 Å². The number of amides is 2. The molecule has 184 valence electrons. The van der Waals surface area contributed by atoms with Crippen molar-refractivity contribution in [1.82, 2.24) is 19.5 Å². The average Bonchev–Trinajstić information content (AvgIpc) is 3.33. The van der Waals surface area contributed by atoms with Crippen LogP contribution in [0.3, 0.4) is 0 Å². The van der Waals surface area contributed by atoms with Crippen LogP contribution >= 0.6 is 0 Å². The van der Waals surface area contributed by atoms with Crippen LogP contribution in [0.4, 0.5) is 15.8 Å². The SMILES string of the molecule is CN(C)c1cc2c(cc1NC(=O)c1cnn3ccc(C(=O)O)nc13)CN(CC(F)C(C)(C)O)C2=O. The Balaban J connectivity index is 1.65. The van der Waals surface area contributed by atoms with E-state index in [0.29, 0.717) is 22.5 Å². The maximum atomic E-state index is 14.4. The molecule has 11 nitrogen and oxygen atoms in total. The normalized spacial score (nSPS) is 14.2. The summed E-state index contributed by atoms with van der Waals surface area (Å²) in [7, 11) is 3.49. The molecule has 4 rings (SSSR count). The largest absolute Gasteiger partial charge is 0.477 e. The molecule has 0 saturated heterocycles. The molecule has 0 spiro atoms. The van der Waals surface area contributed by atoms with Crippen molar-refractivity contribution in [3.05, 3.63) is 53.0 Å². The minimum Gasteiger partial charge on any atom is -0.477 e. The van der Waals surface area contributed by atoms with Gasteiger partial charge in [-0.25, -0.2) is 18.7 Å². The minimum absolute atomic E-state index is 0.0708. The van der Waals surface area contributed by atoms with Gasteiger partial charge < -0.3 is 25.3 Å². The summed E-state index contributed by atoms with van der Waals surface area (Å²) in [5, 5.41) is 26.0. The maximum absolute atomic E-state index is 14.4. The van der Waals surface area contributed by atoms with E-state index in [1.807, 2.05) is 0 Å². The van der Waals surface area contributed by atoms with Gasteiger partial charge in [0.05, 0.1) is 29.7 Å². The number of carbonyl (C=O) groups is 3. The van der Waals surface area contributed by atoms with E-state index in [1.165, 1.54) is 41.7 Å². The number of carboxylic acid groups (broad SMARTS) is 1. The highest BCUT2D eigenvalue weighted by molar-refractivity contribution is 6.10. The molecule has 0 fully saturated rings. The Morgan fingerprint density at radius 3 is 2.66 bits per heavy atom. The van der Waals surface area contributed by atoms with E-state index in [4.69, 9.17) is 0 Å². The van der Waals surface area contributed by atoms with Gasteiger partial charge in [0.2, 0.25) is 0 Å². The van der Waals surface area contributed by atoms with Crippen molar-refractivity contribution in [3.8, 4) is 0 Å². The van der Waals surface area contributed by atoms with E-state index in [9.17, 15) is 29.0 Å². The van der Waals surface area contributed by atoms with Gasteiger partial charge in [0.1, 0.15) is 11.7 Å². The summed E-state index contributed by atoms with van der Waals surface area (Å²) in [6.45, 7) is 2.55. The van der Waals surface area contributed by atoms with Gasteiger partial charge in [-0.05, 0) is 37.6 Å². The zero-order valence-corrected chi connectivity index (χ0v) is 19.6. The number of hydrogen-bond donors (Lipinski definition) is 3. The van der Waals surface area contributed by atoms with Gasteiger partial charge in [-0.2, -0.15) is 5.10 Å². The number of benzene rings is 1. The van der Waals surface area contributed by atoms with Crippen LogP contribution in [0.2, 0.25) is 0 Å². The quantitative estimate of drug-likeness (QED) is 0.461. The number of anilines is 2.